The predicted octanol–water partition coefficient (Wildman–Crippen LogP) is 3.82. The van der Waals surface area contributed by atoms with E-state index in [0.29, 0.717) is 10.3 Å². The Morgan fingerprint density at radius 1 is 1.33 bits per heavy atom. The largest absolute Gasteiger partial charge is 0.315 e. The highest BCUT2D eigenvalue weighted by Gasteiger charge is 2.21. The van der Waals surface area contributed by atoms with Gasteiger partial charge in [0.05, 0.1) is 9.47 Å². The fourth-order valence-electron chi connectivity index (χ4n) is 1.67. The van der Waals surface area contributed by atoms with Crippen LogP contribution < -0.4 is 10.0 Å². The maximum absolute atomic E-state index is 13.3. The highest BCUT2D eigenvalue weighted by molar-refractivity contribution is 9.11. The number of nitrogens with one attached hydrogen (secondary N) is 2. The molecule has 0 saturated heterocycles. The molecule has 0 spiro atoms. The molecule has 0 atom stereocenters. The van der Waals surface area contributed by atoms with Gasteiger partial charge in [-0.3, -0.25) is 4.72 Å². The molecule has 1 aromatic heterocycles. The van der Waals surface area contributed by atoms with Gasteiger partial charge in [0, 0.05) is 16.4 Å². The van der Waals surface area contributed by atoms with E-state index in [1.54, 1.807) is 13.1 Å². The number of hydrogen-bond donors (Lipinski definition) is 2. The first kappa shape index (κ1) is 16.7. The second kappa shape index (κ2) is 6.62. The first-order valence-electron chi connectivity index (χ1n) is 5.73. The molecular formula is C12H11BrClFN2O2S2. The summed E-state index contributed by atoms with van der Waals surface area (Å²) in [6.45, 7) is 0.560. The van der Waals surface area contributed by atoms with E-state index < -0.39 is 15.8 Å². The summed E-state index contributed by atoms with van der Waals surface area (Å²) in [7, 11) is -2.04. The Bertz CT molecular complexity index is 744. The van der Waals surface area contributed by atoms with Gasteiger partial charge < -0.3 is 5.32 Å². The fraction of sp³-hybridized carbons (Fsp3) is 0.167. The molecule has 4 nitrogen and oxygen atoms in total. The highest BCUT2D eigenvalue weighted by Crippen LogP contribution is 2.33. The van der Waals surface area contributed by atoms with E-state index in [4.69, 9.17) is 11.6 Å². The topological polar surface area (TPSA) is 58.2 Å². The van der Waals surface area contributed by atoms with Crippen LogP contribution in [0.15, 0.2) is 32.9 Å². The van der Waals surface area contributed by atoms with Crippen LogP contribution >= 0.6 is 38.9 Å². The molecular weight excluding hydrogens is 403 g/mol. The Hall–Kier alpha value is -0.670. The van der Waals surface area contributed by atoms with Crippen LogP contribution in [-0.2, 0) is 16.6 Å². The average molecular weight is 414 g/mol. The average Bonchev–Trinajstić information content (AvgIpc) is 2.69. The zero-order chi connectivity index (χ0) is 15.6. The van der Waals surface area contributed by atoms with E-state index in [0.717, 1.165) is 17.0 Å². The third-order valence-corrected chi connectivity index (χ3v) is 6.31. The number of hydrogen-bond acceptors (Lipinski definition) is 4. The summed E-state index contributed by atoms with van der Waals surface area (Å²) in [5.41, 5.74) is 0.0771. The molecule has 1 heterocycles. The number of halogens is 3. The van der Waals surface area contributed by atoms with Gasteiger partial charge in [-0.1, -0.05) is 11.6 Å². The predicted molar refractivity (Wildman–Crippen MR) is 87.0 cm³/mol. The second-order valence-electron chi connectivity index (χ2n) is 4.14. The quantitative estimate of drug-likeness (QED) is 0.783. The van der Waals surface area contributed by atoms with Crippen LogP contribution in [0.5, 0.6) is 0 Å². The van der Waals surface area contributed by atoms with Crippen molar-refractivity contribution >= 4 is 54.6 Å². The Labute approximate surface area is 139 Å². The van der Waals surface area contributed by atoms with Crippen LogP contribution in [0.2, 0.25) is 5.02 Å². The van der Waals surface area contributed by atoms with E-state index >= 15 is 0 Å². The van der Waals surface area contributed by atoms with Crippen LogP contribution in [0.3, 0.4) is 0 Å². The summed E-state index contributed by atoms with van der Waals surface area (Å²) in [5, 5.41) is 3.07. The van der Waals surface area contributed by atoms with Crippen molar-refractivity contribution in [2.75, 3.05) is 11.8 Å². The van der Waals surface area contributed by atoms with Crippen LogP contribution in [-0.4, -0.2) is 15.5 Å². The zero-order valence-corrected chi connectivity index (χ0v) is 14.8. The number of rotatable bonds is 5. The minimum absolute atomic E-state index is 0.0771. The normalized spacial score (nSPS) is 11.6. The standard InChI is InChI=1S/C12H11BrClFN2O2S2/c1-16-6-10-5-11(12(13)20-10)21(18,19)17-9-3-7(14)2-8(15)4-9/h2-5,16-17H,6H2,1H3. The van der Waals surface area contributed by atoms with E-state index in [-0.39, 0.29) is 15.6 Å². The van der Waals surface area contributed by atoms with Crippen molar-refractivity contribution in [1.29, 1.82) is 0 Å². The molecule has 0 saturated carbocycles. The van der Waals surface area contributed by atoms with Crippen LogP contribution in [0, 0.1) is 5.82 Å². The molecule has 0 aliphatic carbocycles. The van der Waals surface area contributed by atoms with E-state index in [1.165, 1.54) is 17.4 Å². The summed E-state index contributed by atoms with van der Waals surface area (Å²) in [6.07, 6.45) is 0. The summed E-state index contributed by atoms with van der Waals surface area (Å²) in [4.78, 5) is 0.972. The van der Waals surface area contributed by atoms with Crippen molar-refractivity contribution < 1.29 is 12.8 Å². The minimum Gasteiger partial charge on any atom is -0.315 e. The van der Waals surface area contributed by atoms with E-state index in [1.807, 2.05) is 0 Å². The van der Waals surface area contributed by atoms with Crippen molar-refractivity contribution in [2.45, 2.75) is 11.4 Å². The van der Waals surface area contributed by atoms with Gasteiger partial charge in [0.25, 0.3) is 10.0 Å². The third-order valence-electron chi connectivity index (χ3n) is 2.46. The molecule has 0 bridgehead atoms. The first-order valence-corrected chi connectivity index (χ1v) is 9.20. The molecule has 0 amide bonds. The molecule has 2 aromatic rings. The van der Waals surface area contributed by atoms with Crippen molar-refractivity contribution in [3.05, 3.63) is 43.8 Å². The lowest BCUT2D eigenvalue weighted by Crippen LogP contribution is -2.13. The van der Waals surface area contributed by atoms with Gasteiger partial charge in [-0.15, -0.1) is 11.3 Å². The van der Waals surface area contributed by atoms with Gasteiger partial charge in [0.2, 0.25) is 0 Å². The molecule has 0 aliphatic rings. The molecule has 21 heavy (non-hydrogen) atoms. The zero-order valence-electron chi connectivity index (χ0n) is 10.8. The van der Waals surface area contributed by atoms with Crippen molar-refractivity contribution in [2.24, 2.45) is 0 Å². The second-order valence-corrected chi connectivity index (χ2v) is 8.69. The van der Waals surface area contributed by atoms with E-state index in [9.17, 15) is 12.8 Å². The van der Waals surface area contributed by atoms with Gasteiger partial charge in [0.1, 0.15) is 10.7 Å². The molecule has 2 rings (SSSR count). The van der Waals surface area contributed by atoms with Crippen molar-refractivity contribution in [3.8, 4) is 0 Å². The molecule has 1 aromatic carbocycles. The summed E-state index contributed by atoms with van der Waals surface area (Å²) in [6, 6.07) is 5.08. The van der Waals surface area contributed by atoms with E-state index in [2.05, 4.69) is 26.0 Å². The van der Waals surface area contributed by atoms with Crippen LogP contribution in [0.25, 0.3) is 0 Å². The van der Waals surface area contributed by atoms with Crippen molar-refractivity contribution in [1.82, 2.24) is 5.32 Å². The van der Waals surface area contributed by atoms with Gasteiger partial charge in [0.15, 0.2) is 0 Å². The molecule has 0 fully saturated rings. The first-order chi connectivity index (χ1) is 9.81. The molecule has 2 N–H and O–H groups in total. The molecule has 0 unspecified atom stereocenters. The molecule has 114 valence electrons. The number of benzene rings is 1. The minimum atomic E-state index is -3.81. The Morgan fingerprint density at radius 2 is 2.05 bits per heavy atom. The Morgan fingerprint density at radius 3 is 2.67 bits per heavy atom. The van der Waals surface area contributed by atoms with Gasteiger partial charge >= 0.3 is 0 Å². The maximum Gasteiger partial charge on any atom is 0.263 e. The van der Waals surface area contributed by atoms with Gasteiger partial charge in [-0.2, -0.15) is 0 Å². The summed E-state index contributed by atoms with van der Waals surface area (Å²) in [5.74, 6) is -0.611. The number of sulfonamides is 1. The SMILES string of the molecule is CNCc1cc(S(=O)(=O)Nc2cc(F)cc(Cl)c2)c(Br)s1. The van der Waals surface area contributed by atoms with Gasteiger partial charge in [-0.25, -0.2) is 12.8 Å². The lowest BCUT2D eigenvalue weighted by molar-refractivity contribution is 0.601. The maximum atomic E-state index is 13.3. The number of anilines is 1. The van der Waals surface area contributed by atoms with Crippen LogP contribution in [0.4, 0.5) is 10.1 Å². The van der Waals surface area contributed by atoms with Gasteiger partial charge in [-0.05, 0) is 47.2 Å². The third kappa shape index (κ3) is 4.17. The molecule has 9 heteroatoms. The molecule has 0 radical (unpaired) electrons. The fourth-order valence-corrected chi connectivity index (χ4v) is 5.62. The summed E-state index contributed by atoms with van der Waals surface area (Å²) < 4.78 is 40.7. The summed E-state index contributed by atoms with van der Waals surface area (Å²) >= 11 is 10.3. The van der Waals surface area contributed by atoms with Crippen LogP contribution in [0.1, 0.15) is 4.88 Å². The molecule has 0 aliphatic heterocycles. The monoisotopic (exact) mass is 412 g/mol. The Balaban J connectivity index is 2.33. The van der Waals surface area contributed by atoms with Crippen molar-refractivity contribution in [3.63, 3.8) is 0 Å². The Kier molecular flexibility index (Phi) is 5.26. The smallest absolute Gasteiger partial charge is 0.263 e. The highest BCUT2D eigenvalue weighted by atomic mass is 79.9. The lowest BCUT2D eigenvalue weighted by atomic mass is 10.3. The number of thiophene rings is 1. The lowest BCUT2D eigenvalue weighted by Gasteiger charge is -2.07.